The average Bonchev–Trinajstić information content (AvgIpc) is 3.73. The second-order valence-electron chi connectivity index (χ2n) is 23.5. The monoisotopic (exact) mass is 940 g/mol. The minimum atomic E-state index is 0.243. The molecule has 4 saturated carbocycles. The van der Waals surface area contributed by atoms with Crippen LogP contribution >= 0.6 is 0 Å². The Morgan fingerprint density at radius 1 is 0.500 bits per heavy atom. The molecule has 8 atom stereocenters. The quantitative estimate of drug-likeness (QED) is 0.152. The van der Waals surface area contributed by atoms with Gasteiger partial charge in [-0.15, -0.1) is 0 Å². The Hall–Kier alpha value is -6.90. The lowest BCUT2D eigenvalue weighted by Crippen LogP contribution is -2.42. The third-order valence-corrected chi connectivity index (χ3v) is 18.2. The minimum Gasteiger partial charge on any atom is -0.309 e. The molecule has 72 heavy (non-hydrogen) atoms. The van der Waals surface area contributed by atoms with Gasteiger partial charge in [0.1, 0.15) is 0 Å². The summed E-state index contributed by atoms with van der Waals surface area (Å²) in [5, 5.41) is 14.7. The number of aromatic nitrogens is 4. The lowest BCUT2D eigenvalue weighted by molar-refractivity contribution is 0.0712. The van der Waals surface area contributed by atoms with Crippen molar-refractivity contribution in [2.75, 3.05) is 0 Å². The standard InChI is InChI=1S/C67H65N5/c1-5-45-32-48-31-44(4)37-67(38-45,40-48)60-27-26-55(56-13-6-7-14-57(56)60)51-11-10-12-52(34-51)65-70-63(49-18-22-53(23-19-49)66-35-42(2)29-47(39-66)30-43(3)36-66)69-64(71-65)50-20-24-54(25-21-50)72-61-16-9-8-15-58(61)59-33-46(41-68)17-28-62(59)72/h6-28,33-34,42-45,47-48H,5,29-32,35-40H2,1-4H3/t42-,43+,44-,45+,47-,48-,66?,67?/m0/s1. The van der Waals surface area contributed by atoms with Crippen molar-refractivity contribution < 1.29 is 0 Å². The summed E-state index contributed by atoms with van der Waals surface area (Å²) in [5.74, 6) is 6.72. The minimum absolute atomic E-state index is 0.243. The van der Waals surface area contributed by atoms with Crippen molar-refractivity contribution in [1.82, 2.24) is 19.5 Å². The van der Waals surface area contributed by atoms with Gasteiger partial charge in [0.15, 0.2) is 17.5 Å². The van der Waals surface area contributed by atoms with Crippen LogP contribution in [0, 0.1) is 46.8 Å². The molecule has 0 spiro atoms. The molecular weight excluding hydrogens is 875 g/mol. The van der Waals surface area contributed by atoms with E-state index in [9.17, 15) is 5.26 Å². The Labute approximate surface area is 425 Å². The van der Waals surface area contributed by atoms with Gasteiger partial charge < -0.3 is 4.57 Å². The summed E-state index contributed by atoms with van der Waals surface area (Å²) in [7, 11) is 0. The summed E-state index contributed by atoms with van der Waals surface area (Å²) < 4.78 is 2.29. The summed E-state index contributed by atoms with van der Waals surface area (Å²) in [4.78, 5) is 16.0. The Morgan fingerprint density at radius 3 is 1.78 bits per heavy atom. The van der Waals surface area contributed by atoms with E-state index in [4.69, 9.17) is 15.0 Å². The lowest BCUT2D eigenvalue weighted by Gasteiger charge is -2.51. The van der Waals surface area contributed by atoms with Gasteiger partial charge in [0.25, 0.3) is 0 Å². The lowest BCUT2D eigenvalue weighted by atomic mass is 9.53. The summed E-state index contributed by atoms with van der Waals surface area (Å²) in [6.45, 7) is 9.84. The van der Waals surface area contributed by atoms with Crippen LogP contribution < -0.4 is 0 Å². The van der Waals surface area contributed by atoms with E-state index in [0.717, 1.165) is 79.7 Å². The van der Waals surface area contributed by atoms with Gasteiger partial charge in [0, 0.05) is 33.2 Å². The first-order valence-corrected chi connectivity index (χ1v) is 27.2. The zero-order chi connectivity index (χ0) is 48.7. The molecule has 358 valence electrons. The second kappa shape index (κ2) is 17.7. The third kappa shape index (κ3) is 7.76. The maximum Gasteiger partial charge on any atom is 0.164 e. The van der Waals surface area contributed by atoms with Gasteiger partial charge in [-0.2, -0.15) is 5.26 Å². The van der Waals surface area contributed by atoms with Crippen molar-refractivity contribution in [3.8, 4) is 57.0 Å². The van der Waals surface area contributed by atoms with Crippen LogP contribution in [-0.4, -0.2) is 19.5 Å². The Morgan fingerprint density at radius 2 is 1.08 bits per heavy atom. The van der Waals surface area contributed by atoms with Crippen LogP contribution in [0.2, 0.25) is 0 Å². The molecule has 2 aromatic heterocycles. The molecule has 0 N–H and O–H groups in total. The van der Waals surface area contributed by atoms with Gasteiger partial charge in [-0.25, -0.2) is 15.0 Å². The van der Waals surface area contributed by atoms with Gasteiger partial charge in [-0.1, -0.05) is 131 Å². The first kappa shape index (κ1) is 45.0. The SMILES string of the molecule is CC[C@@H]1C[C@@H]2C[C@H](C)CC(c3ccc(-c4cccc(-c5nc(-c6ccc(-n7c8ccccc8c8cc(C#N)ccc87)cc6)nc(-c6ccc(C78C[C@H](C)C[C@H](C[C@H](C)C7)C8)cc6)n5)c4)c4ccccc34)(C1)C2. The molecule has 5 heteroatoms. The van der Waals surface area contributed by atoms with E-state index in [-0.39, 0.29) is 10.8 Å². The van der Waals surface area contributed by atoms with Gasteiger partial charge in [-0.05, 0) is 198 Å². The van der Waals surface area contributed by atoms with Crippen molar-refractivity contribution in [3.63, 3.8) is 0 Å². The molecule has 0 saturated heterocycles. The number of hydrogen-bond acceptors (Lipinski definition) is 4. The smallest absolute Gasteiger partial charge is 0.164 e. The molecule has 0 radical (unpaired) electrons. The first-order chi connectivity index (χ1) is 35.1. The zero-order valence-electron chi connectivity index (χ0n) is 42.4. The maximum absolute atomic E-state index is 9.76. The molecule has 4 fully saturated rings. The van der Waals surface area contributed by atoms with E-state index < -0.39 is 0 Å². The fraction of sp³-hybridized carbons (Fsp3) is 0.343. The van der Waals surface area contributed by atoms with E-state index >= 15 is 0 Å². The van der Waals surface area contributed by atoms with Crippen LogP contribution in [0.5, 0.6) is 0 Å². The molecule has 13 rings (SSSR count). The number of hydrogen-bond donors (Lipinski definition) is 0. The molecular formula is C67H65N5. The van der Waals surface area contributed by atoms with Crippen molar-refractivity contribution in [2.45, 2.75) is 109 Å². The normalized spacial score (nSPS) is 25.9. The van der Waals surface area contributed by atoms with Gasteiger partial charge in [0.05, 0.1) is 22.7 Å². The second-order valence-corrected chi connectivity index (χ2v) is 23.5. The van der Waals surface area contributed by atoms with E-state index in [1.807, 2.05) is 12.1 Å². The summed E-state index contributed by atoms with van der Waals surface area (Å²) in [5.41, 5.74) is 12.7. The number of nitriles is 1. The highest BCUT2D eigenvalue weighted by Crippen LogP contribution is 2.57. The highest BCUT2D eigenvalue weighted by atomic mass is 15.0. The van der Waals surface area contributed by atoms with E-state index in [1.165, 1.54) is 98.1 Å². The number of para-hydroxylation sites is 1. The number of benzene rings is 7. The van der Waals surface area contributed by atoms with Crippen molar-refractivity contribution in [3.05, 3.63) is 168 Å². The average molecular weight is 940 g/mol. The summed E-state index contributed by atoms with van der Waals surface area (Å²) >= 11 is 0. The van der Waals surface area contributed by atoms with Crippen LogP contribution in [0.15, 0.2) is 152 Å². The first-order valence-electron chi connectivity index (χ1n) is 27.2. The molecule has 4 bridgehead atoms. The molecule has 0 amide bonds. The van der Waals surface area contributed by atoms with Gasteiger partial charge in [-0.3, -0.25) is 0 Å². The Bertz CT molecular complexity index is 3550. The van der Waals surface area contributed by atoms with Gasteiger partial charge in [0.2, 0.25) is 0 Å². The van der Waals surface area contributed by atoms with Crippen LogP contribution in [0.3, 0.4) is 0 Å². The molecule has 9 aromatic rings. The van der Waals surface area contributed by atoms with Crippen LogP contribution in [0.25, 0.3) is 83.6 Å². The number of nitrogens with zero attached hydrogens (tertiary/aromatic N) is 5. The van der Waals surface area contributed by atoms with E-state index in [2.05, 4.69) is 178 Å². The highest BCUT2D eigenvalue weighted by molar-refractivity contribution is 6.09. The van der Waals surface area contributed by atoms with E-state index in [1.54, 1.807) is 5.56 Å². The Kier molecular flexibility index (Phi) is 11.1. The van der Waals surface area contributed by atoms with Crippen molar-refractivity contribution >= 4 is 32.6 Å². The molecule has 5 nitrogen and oxygen atoms in total. The molecule has 4 aliphatic carbocycles. The topological polar surface area (TPSA) is 67.4 Å². The predicted molar refractivity (Wildman–Crippen MR) is 296 cm³/mol. The van der Waals surface area contributed by atoms with Crippen LogP contribution in [0.1, 0.15) is 115 Å². The molecule has 0 aliphatic heterocycles. The van der Waals surface area contributed by atoms with Crippen LogP contribution in [0.4, 0.5) is 0 Å². The molecule has 7 aromatic carbocycles. The zero-order valence-corrected chi connectivity index (χ0v) is 42.4. The fourth-order valence-electron chi connectivity index (χ4n) is 15.8. The summed E-state index contributed by atoms with van der Waals surface area (Å²) in [6.07, 6.45) is 14.6. The molecule has 4 aliphatic rings. The fourth-order valence-corrected chi connectivity index (χ4v) is 15.8. The number of fused-ring (bicyclic) bond motifs is 8. The van der Waals surface area contributed by atoms with Gasteiger partial charge >= 0.3 is 0 Å². The number of rotatable bonds is 8. The van der Waals surface area contributed by atoms with Crippen LogP contribution in [-0.2, 0) is 10.8 Å². The predicted octanol–water partition coefficient (Wildman–Crippen LogP) is 17.3. The van der Waals surface area contributed by atoms with Crippen molar-refractivity contribution in [1.29, 1.82) is 5.26 Å². The van der Waals surface area contributed by atoms with Crippen molar-refractivity contribution in [2.24, 2.45) is 35.5 Å². The molecule has 2 heterocycles. The Balaban J connectivity index is 0.909. The largest absolute Gasteiger partial charge is 0.309 e. The van der Waals surface area contributed by atoms with E-state index in [0.29, 0.717) is 23.0 Å². The molecule has 2 unspecified atom stereocenters. The third-order valence-electron chi connectivity index (χ3n) is 18.2. The maximum atomic E-state index is 9.76. The summed E-state index contributed by atoms with van der Waals surface area (Å²) in [6, 6.07) is 57.7. The highest BCUT2D eigenvalue weighted by Gasteiger charge is 2.47.